The Bertz CT molecular complexity index is 1920. The summed E-state index contributed by atoms with van der Waals surface area (Å²) in [6.07, 6.45) is 7.71. The summed E-state index contributed by atoms with van der Waals surface area (Å²) < 4.78 is 67.9. The Hall–Kier alpha value is -3.71. The van der Waals surface area contributed by atoms with Gasteiger partial charge in [-0.05, 0) is 48.7 Å². The van der Waals surface area contributed by atoms with Gasteiger partial charge in [-0.15, -0.1) is 0 Å². The Balaban J connectivity index is 0.0000137. The van der Waals surface area contributed by atoms with E-state index in [1.807, 2.05) is 12.1 Å². The molecule has 3 aromatic rings. The van der Waals surface area contributed by atoms with E-state index >= 15 is 0 Å². The van der Waals surface area contributed by atoms with E-state index in [1.165, 1.54) is 32.1 Å². The maximum absolute atomic E-state index is 12.4. The summed E-state index contributed by atoms with van der Waals surface area (Å²) in [5.41, 5.74) is 10.4. The normalized spacial score (nSPS) is 12.7. The maximum atomic E-state index is 12.4. The van der Waals surface area contributed by atoms with Gasteiger partial charge in [0.15, 0.2) is 6.20 Å². The molecular weight excluding hydrogens is 976 g/mol. The summed E-state index contributed by atoms with van der Waals surface area (Å²) in [7, 11) is 2.09. The van der Waals surface area contributed by atoms with Crippen molar-refractivity contribution < 1.29 is 88.5 Å². The molecule has 0 fully saturated rings. The Kier molecular flexibility index (Phi) is 36.2. The summed E-state index contributed by atoms with van der Waals surface area (Å²) in [5, 5.41) is 13.8. The lowest BCUT2D eigenvalue weighted by Gasteiger charge is -2.14. The second-order valence-corrected chi connectivity index (χ2v) is 17.1. The van der Waals surface area contributed by atoms with Gasteiger partial charge in [0.2, 0.25) is 11.4 Å². The zero-order valence-electron chi connectivity index (χ0n) is 42.1. The molecule has 0 radical (unpaired) electrons. The molecule has 0 bridgehead atoms. The lowest BCUT2D eigenvalue weighted by Crippen LogP contribution is -3.00. The number of carboxylic acid groups (broad SMARTS) is 1. The van der Waals surface area contributed by atoms with Gasteiger partial charge in [-0.25, -0.2) is 0 Å². The molecule has 2 aromatic carbocycles. The topological polar surface area (TPSA) is 210 Å². The number of nitrogens with one attached hydrogen (secondary N) is 1. The van der Waals surface area contributed by atoms with Crippen LogP contribution in [-0.4, -0.2) is 189 Å². The molecular formula is C51H79ClN4O15S. The fourth-order valence-corrected chi connectivity index (χ4v) is 8.01. The number of rotatable bonds is 46. The molecule has 4 rings (SSSR count). The summed E-state index contributed by atoms with van der Waals surface area (Å²) in [5.74, 6) is -0.829. The van der Waals surface area contributed by atoms with Gasteiger partial charge in [0.05, 0.1) is 181 Å². The van der Waals surface area contributed by atoms with E-state index in [0.29, 0.717) is 165 Å². The number of aromatic nitrogens is 1. The van der Waals surface area contributed by atoms with Crippen molar-refractivity contribution in [2.75, 3.05) is 183 Å². The molecule has 0 atom stereocenters. The summed E-state index contributed by atoms with van der Waals surface area (Å²) in [6, 6.07) is 16.8. The molecule has 0 saturated heterocycles. The maximum Gasteiger partial charge on any atom is 0.305 e. The third-order valence-electron chi connectivity index (χ3n) is 10.6. The van der Waals surface area contributed by atoms with Gasteiger partial charge < -0.3 is 90.3 Å². The van der Waals surface area contributed by atoms with Crippen LogP contribution in [0.3, 0.4) is 0 Å². The molecule has 21 heteroatoms. The molecule has 0 spiro atoms. The third kappa shape index (κ3) is 28.7. The van der Waals surface area contributed by atoms with E-state index in [4.69, 9.17) is 67.7 Å². The summed E-state index contributed by atoms with van der Waals surface area (Å²) >= 11 is 1.74. The zero-order chi connectivity index (χ0) is 50.2. The quantitative estimate of drug-likeness (QED) is 0.0417. The van der Waals surface area contributed by atoms with Crippen LogP contribution >= 0.6 is 11.8 Å². The molecule has 72 heavy (non-hydrogen) atoms. The largest absolute Gasteiger partial charge is 1.00 e. The number of nitrogens with zero attached hydrogens (tertiary/aromatic N) is 2. The number of hydrogen-bond donors (Lipinski definition) is 3. The number of unbranched alkanes of at least 4 members (excludes halogenated alkanes) is 2. The Morgan fingerprint density at radius 1 is 0.597 bits per heavy atom. The monoisotopic (exact) mass is 1050 g/mol. The van der Waals surface area contributed by atoms with E-state index < -0.39 is 5.97 Å². The minimum atomic E-state index is -0.878. The number of benzene rings is 2. The number of ether oxygens (including phenoxy) is 12. The predicted octanol–water partition coefficient (Wildman–Crippen LogP) is 1.60. The van der Waals surface area contributed by atoms with Gasteiger partial charge in [-0.2, -0.15) is 4.57 Å². The number of carboxylic acids is 1. The van der Waals surface area contributed by atoms with Crippen LogP contribution < -0.4 is 32.9 Å². The number of aryl methyl sites for hydroxylation is 1. The minimum absolute atomic E-state index is 0. The van der Waals surface area contributed by atoms with E-state index in [1.54, 1.807) is 11.8 Å². The second-order valence-electron chi connectivity index (χ2n) is 16.0. The fraction of sp³-hybridized carbons (Fsp3) is 0.627. The van der Waals surface area contributed by atoms with E-state index in [9.17, 15) is 9.59 Å². The SMILES string of the molecule is CN1C(=Cc2cc[n+](CCCCCC(=O)NCCOCCOCCOCCOCCOCCOCCOCCOCCOCCOCCOCCOCCC(=O)O)c3ccccc23)Sc2cc(N)ccc21.[Cl-]. The second kappa shape index (κ2) is 41.6. The number of anilines is 2. The number of carbonyl (C=O) groups excluding carboxylic acids is 1. The molecule has 1 amide bonds. The van der Waals surface area contributed by atoms with Gasteiger partial charge >= 0.3 is 5.97 Å². The number of pyridine rings is 1. The smallest absolute Gasteiger partial charge is 0.305 e. The molecule has 0 unspecified atom stereocenters. The first-order chi connectivity index (χ1) is 34.9. The number of fused-ring (bicyclic) bond motifs is 2. The average molecular weight is 1060 g/mol. The number of nitrogens with two attached hydrogens (primary N) is 1. The van der Waals surface area contributed by atoms with E-state index in [0.717, 1.165) is 31.5 Å². The van der Waals surface area contributed by atoms with Crippen molar-refractivity contribution in [1.29, 1.82) is 0 Å². The van der Waals surface area contributed by atoms with Crippen molar-refractivity contribution in [2.45, 2.75) is 43.5 Å². The van der Waals surface area contributed by atoms with E-state index in [2.05, 4.69) is 70.5 Å². The van der Waals surface area contributed by atoms with Gasteiger partial charge in [0, 0.05) is 49.1 Å². The predicted molar refractivity (Wildman–Crippen MR) is 271 cm³/mol. The van der Waals surface area contributed by atoms with Crippen LogP contribution in [0.1, 0.15) is 37.7 Å². The Morgan fingerprint density at radius 2 is 1.06 bits per heavy atom. The minimum Gasteiger partial charge on any atom is -1.00 e. The van der Waals surface area contributed by atoms with Crippen LogP contribution in [0.2, 0.25) is 0 Å². The zero-order valence-corrected chi connectivity index (χ0v) is 43.7. The highest BCUT2D eigenvalue weighted by atomic mass is 35.5. The number of nitrogen functional groups attached to an aromatic ring is 1. The van der Waals surface area contributed by atoms with Gasteiger partial charge in [0.1, 0.15) is 6.54 Å². The number of aliphatic carboxylic acids is 1. The Morgan fingerprint density at radius 3 is 1.54 bits per heavy atom. The average Bonchev–Trinajstić information content (AvgIpc) is 3.67. The first kappa shape index (κ1) is 62.6. The van der Waals surface area contributed by atoms with Crippen LogP contribution in [0.5, 0.6) is 0 Å². The lowest BCUT2D eigenvalue weighted by molar-refractivity contribution is -0.671. The number of para-hydroxylation sites is 1. The molecule has 406 valence electrons. The first-order valence-corrected chi connectivity index (χ1v) is 25.6. The summed E-state index contributed by atoms with van der Waals surface area (Å²) in [6.45, 7) is 12.1. The molecule has 2 heterocycles. The van der Waals surface area contributed by atoms with Gasteiger partial charge in [-0.1, -0.05) is 23.9 Å². The highest BCUT2D eigenvalue weighted by Gasteiger charge is 2.23. The number of amides is 1. The van der Waals surface area contributed by atoms with Crippen LogP contribution in [0.25, 0.3) is 17.0 Å². The standard InChI is InChI=1S/C51H78N4O15S.ClH/c1-54-47-11-10-44(52)42-48(47)71-50(54)41-43-12-16-55(46-8-5-4-7-45(43)46)15-6-2-3-9-49(56)53-14-18-60-20-22-62-24-26-64-28-30-66-32-34-68-36-38-70-40-39-69-37-35-67-33-31-65-29-27-63-25-23-61-21-19-59-17-13-51(57)58;/h4-5,7-8,10-12,16,41-42H,2-3,6,9,13-15,17-40,52H2,1H3,(H-,53,56,57,58);1H. The van der Waals surface area contributed by atoms with Crippen molar-refractivity contribution in [3.05, 3.63) is 65.3 Å². The highest BCUT2D eigenvalue weighted by Crippen LogP contribution is 2.46. The van der Waals surface area contributed by atoms with Crippen LogP contribution in [0.4, 0.5) is 11.4 Å². The van der Waals surface area contributed by atoms with Crippen molar-refractivity contribution >= 4 is 52.0 Å². The number of halogens is 1. The number of carbonyl (C=O) groups is 2. The molecule has 1 aliphatic heterocycles. The molecule has 1 aromatic heterocycles. The molecule has 0 aliphatic carbocycles. The summed E-state index contributed by atoms with van der Waals surface area (Å²) in [4.78, 5) is 26.1. The first-order valence-electron chi connectivity index (χ1n) is 24.8. The van der Waals surface area contributed by atoms with Crippen LogP contribution in [-0.2, 0) is 73.0 Å². The third-order valence-corrected chi connectivity index (χ3v) is 11.7. The van der Waals surface area contributed by atoms with Gasteiger partial charge in [0.25, 0.3) is 0 Å². The Labute approximate surface area is 435 Å². The molecule has 4 N–H and O–H groups in total. The van der Waals surface area contributed by atoms with Crippen molar-refractivity contribution in [2.24, 2.45) is 0 Å². The molecule has 0 saturated carbocycles. The molecule has 1 aliphatic rings. The molecule has 19 nitrogen and oxygen atoms in total. The van der Waals surface area contributed by atoms with Gasteiger partial charge in [-0.3, -0.25) is 9.59 Å². The van der Waals surface area contributed by atoms with E-state index in [-0.39, 0.29) is 31.3 Å². The number of thioether (sulfide) groups is 1. The van der Waals surface area contributed by atoms with Crippen LogP contribution in [0.15, 0.2) is 64.7 Å². The fourth-order valence-electron chi connectivity index (χ4n) is 6.85. The lowest BCUT2D eigenvalue weighted by atomic mass is 10.1. The van der Waals surface area contributed by atoms with Crippen molar-refractivity contribution in [3.8, 4) is 0 Å². The van der Waals surface area contributed by atoms with Crippen LogP contribution in [0, 0.1) is 0 Å². The van der Waals surface area contributed by atoms with Crippen molar-refractivity contribution in [3.63, 3.8) is 0 Å². The van der Waals surface area contributed by atoms with Crippen molar-refractivity contribution in [1.82, 2.24) is 5.32 Å². The number of hydrogen-bond acceptors (Lipinski definition) is 17. The highest BCUT2D eigenvalue weighted by molar-refractivity contribution is 8.03.